The fourth-order valence-electron chi connectivity index (χ4n) is 3.77. The molecule has 0 bridgehead atoms. The molecule has 1 saturated heterocycles. The zero-order valence-electron chi connectivity index (χ0n) is 12.8. The van der Waals surface area contributed by atoms with E-state index in [0.717, 1.165) is 17.8 Å². The molecule has 0 aromatic rings. The Balaban J connectivity index is 1.84. The lowest BCUT2D eigenvalue weighted by Crippen LogP contribution is -2.42. The minimum absolute atomic E-state index is 0.454. The van der Waals surface area contributed by atoms with Gasteiger partial charge in [0.25, 0.3) is 0 Å². The molecule has 0 radical (unpaired) electrons. The average Bonchev–Trinajstić information content (AvgIpc) is 2.71. The highest BCUT2D eigenvalue weighted by molar-refractivity contribution is 4.88. The van der Waals surface area contributed by atoms with Crippen LogP contribution in [0.3, 0.4) is 0 Å². The third-order valence-corrected chi connectivity index (χ3v) is 5.29. The van der Waals surface area contributed by atoms with E-state index in [1.54, 1.807) is 0 Å². The first-order valence-electron chi connectivity index (χ1n) is 7.84. The van der Waals surface area contributed by atoms with Gasteiger partial charge in [0.05, 0.1) is 0 Å². The van der Waals surface area contributed by atoms with Crippen LogP contribution in [0.4, 0.5) is 0 Å². The fraction of sp³-hybridized carbons (Fsp3) is 1.00. The Morgan fingerprint density at radius 2 is 1.89 bits per heavy atom. The molecule has 106 valence electrons. The molecule has 0 aromatic heterocycles. The van der Waals surface area contributed by atoms with E-state index in [9.17, 15) is 0 Å². The van der Waals surface area contributed by atoms with Crippen molar-refractivity contribution in [1.82, 2.24) is 4.90 Å². The van der Waals surface area contributed by atoms with Crippen LogP contribution in [0.1, 0.15) is 53.4 Å². The minimum Gasteiger partial charge on any atom is -0.327 e. The minimum atomic E-state index is 0.454. The van der Waals surface area contributed by atoms with Crippen LogP contribution in [0.25, 0.3) is 0 Å². The summed E-state index contributed by atoms with van der Waals surface area (Å²) in [5, 5.41) is 0. The Labute approximate surface area is 113 Å². The van der Waals surface area contributed by atoms with Gasteiger partial charge in [-0.3, -0.25) is 0 Å². The molecule has 2 heteroatoms. The highest BCUT2D eigenvalue weighted by Gasteiger charge is 2.34. The van der Waals surface area contributed by atoms with E-state index < -0.39 is 0 Å². The second-order valence-corrected chi connectivity index (χ2v) is 7.95. The largest absolute Gasteiger partial charge is 0.327 e. The van der Waals surface area contributed by atoms with Crippen molar-refractivity contribution in [3.63, 3.8) is 0 Å². The van der Waals surface area contributed by atoms with Crippen molar-refractivity contribution in [2.24, 2.45) is 28.9 Å². The lowest BCUT2D eigenvalue weighted by atomic mass is 9.78. The fourth-order valence-corrected chi connectivity index (χ4v) is 3.77. The normalized spacial score (nSPS) is 39.2. The smallest absolute Gasteiger partial charge is 0.00795 e. The van der Waals surface area contributed by atoms with Crippen LogP contribution in [0, 0.1) is 23.2 Å². The second kappa shape index (κ2) is 5.50. The molecule has 2 nitrogen and oxygen atoms in total. The van der Waals surface area contributed by atoms with E-state index in [1.165, 1.54) is 45.3 Å². The molecule has 2 N–H and O–H groups in total. The Bertz CT molecular complexity index is 269. The summed E-state index contributed by atoms with van der Waals surface area (Å²) in [5.74, 6) is 2.50. The summed E-state index contributed by atoms with van der Waals surface area (Å²) in [6, 6.07) is 0.454. The summed E-state index contributed by atoms with van der Waals surface area (Å²) in [7, 11) is 0. The van der Waals surface area contributed by atoms with Crippen LogP contribution >= 0.6 is 0 Å². The van der Waals surface area contributed by atoms with Gasteiger partial charge in [-0.2, -0.15) is 0 Å². The van der Waals surface area contributed by atoms with Crippen molar-refractivity contribution in [1.29, 1.82) is 0 Å². The van der Waals surface area contributed by atoms with Gasteiger partial charge in [0, 0.05) is 19.1 Å². The quantitative estimate of drug-likeness (QED) is 0.818. The molecule has 1 aliphatic carbocycles. The van der Waals surface area contributed by atoms with E-state index in [0.29, 0.717) is 11.5 Å². The molecule has 1 saturated carbocycles. The molecule has 1 aliphatic heterocycles. The molecule has 2 fully saturated rings. The standard InChI is InChI=1S/C16H32N2/c1-12-5-6-15(17)13(9-12)10-18-8-7-14(11-18)16(2,3)4/h12-15H,5-11,17H2,1-4H3. The average molecular weight is 252 g/mol. The van der Waals surface area contributed by atoms with Gasteiger partial charge in [-0.05, 0) is 55.4 Å². The Hall–Kier alpha value is -0.0800. The van der Waals surface area contributed by atoms with E-state index in [1.807, 2.05) is 0 Å². The maximum absolute atomic E-state index is 6.31. The summed E-state index contributed by atoms with van der Waals surface area (Å²) in [6.45, 7) is 13.4. The monoisotopic (exact) mass is 252 g/mol. The van der Waals surface area contributed by atoms with E-state index in [2.05, 4.69) is 32.6 Å². The number of hydrogen-bond donors (Lipinski definition) is 1. The molecule has 2 rings (SSSR count). The van der Waals surface area contributed by atoms with Gasteiger partial charge in [0.2, 0.25) is 0 Å². The predicted molar refractivity (Wildman–Crippen MR) is 78.5 cm³/mol. The number of nitrogens with zero attached hydrogens (tertiary/aromatic N) is 1. The maximum Gasteiger partial charge on any atom is 0.00795 e. The van der Waals surface area contributed by atoms with Gasteiger partial charge >= 0.3 is 0 Å². The Morgan fingerprint density at radius 3 is 2.50 bits per heavy atom. The first-order valence-corrected chi connectivity index (χ1v) is 7.84. The zero-order valence-corrected chi connectivity index (χ0v) is 12.8. The SMILES string of the molecule is CC1CCC(N)C(CN2CCC(C(C)(C)C)C2)C1. The highest BCUT2D eigenvalue weighted by Crippen LogP contribution is 2.35. The summed E-state index contributed by atoms with van der Waals surface area (Å²) in [6.07, 6.45) is 5.30. The molecule has 4 atom stereocenters. The van der Waals surface area contributed by atoms with Gasteiger partial charge in [-0.15, -0.1) is 0 Å². The Morgan fingerprint density at radius 1 is 1.17 bits per heavy atom. The van der Waals surface area contributed by atoms with Crippen LogP contribution in [0.5, 0.6) is 0 Å². The van der Waals surface area contributed by atoms with Crippen molar-refractivity contribution in [3.8, 4) is 0 Å². The molecular weight excluding hydrogens is 220 g/mol. The van der Waals surface area contributed by atoms with Crippen LogP contribution < -0.4 is 5.73 Å². The van der Waals surface area contributed by atoms with E-state index in [-0.39, 0.29) is 0 Å². The van der Waals surface area contributed by atoms with Gasteiger partial charge in [-0.1, -0.05) is 27.7 Å². The maximum atomic E-state index is 6.31. The lowest BCUT2D eigenvalue weighted by molar-refractivity contribution is 0.165. The highest BCUT2D eigenvalue weighted by atomic mass is 15.2. The predicted octanol–water partition coefficient (Wildman–Crippen LogP) is 3.12. The molecular formula is C16H32N2. The van der Waals surface area contributed by atoms with Gasteiger partial charge in [-0.25, -0.2) is 0 Å². The molecule has 4 unspecified atom stereocenters. The van der Waals surface area contributed by atoms with E-state index >= 15 is 0 Å². The van der Waals surface area contributed by atoms with Crippen molar-refractivity contribution < 1.29 is 0 Å². The van der Waals surface area contributed by atoms with Crippen LogP contribution in [0.2, 0.25) is 0 Å². The molecule has 0 amide bonds. The van der Waals surface area contributed by atoms with Crippen molar-refractivity contribution in [3.05, 3.63) is 0 Å². The number of hydrogen-bond acceptors (Lipinski definition) is 2. The molecule has 1 heterocycles. The topological polar surface area (TPSA) is 29.3 Å². The zero-order chi connectivity index (χ0) is 13.3. The van der Waals surface area contributed by atoms with Crippen molar-refractivity contribution >= 4 is 0 Å². The first kappa shape index (κ1) is 14.3. The van der Waals surface area contributed by atoms with Gasteiger partial charge in [0.15, 0.2) is 0 Å². The molecule has 18 heavy (non-hydrogen) atoms. The van der Waals surface area contributed by atoms with Gasteiger partial charge in [0.1, 0.15) is 0 Å². The summed E-state index contributed by atoms with van der Waals surface area (Å²) >= 11 is 0. The third kappa shape index (κ3) is 3.48. The summed E-state index contributed by atoms with van der Waals surface area (Å²) in [5.41, 5.74) is 6.78. The lowest BCUT2D eigenvalue weighted by Gasteiger charge is -2.35. The van der Waals surface area contributed by atoms with Crippen LogP contribution in [0.15, 0.2) is 0 Å². The molecule has 0 spiro atoms. The first-order chi connectivity index (χ1) is 8.36. The number of rotatable bonds is 2. The number of nitrogens with two attached hydrogens (primary N) is 1. The molecule has 2 aliphatic rings. The van der Waals surface area contributed by atoms with Crippen LogP contribution in [-0.4, -0.2) is 30.6 Å². The van der Waals surface area contributed by atoms with E-state index in [4.69, 9.17) is 5.73 Å². The van der Waals surface area contributed by atoms with Crippen molar-refractivity contribution in [2.45, 2.75) is 59.4 Å². The van der Waals surface area contributed by atoms with Crippen molar-refractivity contribution in [2.75, 3.05) is 19.6 Å². The number of likely N-dealkylation sites (tertiary alicyclic amines) is 1. The summed E-state index contributed by atoms with van der Waals surface area (Å²) < 4.78 is 0. The van der Waals surface area contributed by atoms with Crippen LogP contribution in [-0.2, 0) is 0 Å². The third-order valence-electron chi connectivity index (χ3n) is 5.29. The Kier molecular flexibility index (Phi) is 4.38. The molecule has 0 aromatic carbocycles. The summed E-state index contributed by atoms with van der Waals surface area (Å²) in [4.78, 5) is 2.68. The van der Waals surface area contributed by atoms with Gasteiger partial charge < -0.3 is 10.6 Å². The second-order valence-electron chi connectivity index (χ2n) is 7.95.